The number of H-pyrrole nitrogens is 1. The first-order valence-electron chi connectivity index (χ1n) is 12.6. The maximum atomic E-state index is 15.0. The van der Waals surface area contributed by atoms with Gasteiger partial charge in [0.05, 0.1) is 12.7 Å². The number of alkyl halides is 2. The molecule has 1 aromatic carbocycles. The van der Waals surface area contributed by atoms with Crippen molar-refractivity contribution in [2.75, 3.05) is 32.9 Å². The maximum absolute atomic E-state index is 15.0. The largest absolute Gasteiger partial charge is 0.357 e. The van der Waals surface area contributed by atoms with Gasteiger partial charge in [-0.2, -0.15) is 0 Å². The molecule has 34 heavy (non-hydrogen) atoms. The molecule has 2 aromatic heterocycles. The zero-order valence-electron chi connectivity index (χ0n) is 20.8. The molecule has 2 aliphatic rings. The maximum Gasteiger partial charge on any atom is 0.118 e. The van der Waals surface area contributed by atoms with Crippen molar-refractivity contribution in [3.8, 4) is 0 Å². The van der Waals surface area contributed by atoms with Crippen LogP contribution in [0.2, 0.25) is 0 Å². The molecule has 3 nitrogen and oxygen atoms in total. The Kier molecular flexibility index (Phi) is 6.60. The molecule has 0 spiro atoms. The highest BCUT2D eigenvalue weighted by Crippen LogP contribution is 2.44. The Morgan fingerprint density at radius 1 is 1.21 bits per heavy atom. The molecule has 2 atom stereocenters. The Balaban J connectivity index is 1.46. The van der Waals surface area contributed by atoms with Crippen LogP contribution in [0.15, 0.2) is 30.3 Å². The number of hydrogen-bond acceptors (Lipinski definition) is 3. The van der Waals surface area contributed by atoms with Crippen molar-refractivity contribution >= 4 is 22.2 Å². The summed E-state index contributed by atoms with van der Waals surface area (Å²) in [5.41, 5.74) is 3.87. The van der Waals surface area contributed by atoms with Gasteiger partial charge in [-0.3, -0.25) is 9.29 Å². The van der Waals surface area contributed by atoms with E-state index in [4.69, 9.17) is 0 Å². The van der Waals surface area contributed by atoms with Crippen molar-refractivity contribution in [1.29, 1.82) is 0 Å². The van der Waals surface area contributed by atoms with Crippen molar-refractivity contribution in [2.24, 2.45) is 5.92 Å². The number of likely N-dealkylation sites (tertiary alicyclic amines) is 1. The third-order valence-corrected chi connectivity index (χ3v) is 8.81. The minimum atomic E-state index is -1.26. The Morgan fingerprint density at radius 2 is 1.97 bits per heavy atom. The van der Waals surface area contributed by atoms with Crippen LogP contribution in [-0.4, -0.2) is 59.3 Å². The molecule has 3 aromatic rings. The van der Waals surface area contributed by atoms with Crippen LogP contribution in [0.3, 0.4) is 0 Å². The van der Waals surface area contributed by atoms with Gasteiger partial charge < -0.3 is 9.88 Å². The molecule has 184 valence electrons. The van der Waals surface area contributed by atoms with Crippen LogP contribution in [0.1, 0.15) is 59.8 Å². The zero-order valence-corrected chi connectivity index (χ0v) is 21.7. The van der Waals surface area contributed by atoms with Gasteiger partial charge in [0.15, 0.2) is 0 Å². The van der Waals surface area contributed by atoms with E-state index < -0.39 is 5.67 Å². The molecule has 5 rings (SSSR count). The topological polar surface area (TPSA) is 22.3 Å². The number of nitrogens with zero attached hydrogens (tertiary/aromatic N) is 2. The lowest BCUT2D eigenvalue weighted by molar-refractivity contribution is 0.0679. The number of thiophene rings is 1. The SMILES string of the molecule is Cc1cc([C@@H]2c3[nH]c4ccccc4c3C[C@@H](C)N2CC(C)(C)F)sc1CC1CN(CCCF)C1. The van der Waals surface area contributed by atoms with E-state index in [1.807, 2.05) is 11.3 Å². The molecule has 0 saturated carbocycles. The second-order valence-electron chi connectivity index (χ2n) is 11.0. The monoisotopic (exact) mass is 485 g/mol. The van der Waals surface area contributed by atoms with Crippen LogP contribution in [0.5, 0.6) is 0 Å². The van der Waals surface area contributed by atoms with Crippen molar-refractivity contribution < 1.29 is 8.78 Å². The summed E-state index contributed by atoms with van der Waals surface area (Å²) in [6.07, 6.45) is 2.65. The van der Waals surface area contributed by atoms with Crippen LogP contribution in [0.4, 0.5) is 8.78 Å². The van der Waals surface area contributed by atoms with Gasteiger partial charge in [0, 0.05) is 58.6 Å². The fourth-order valence-electron chi connectivity index (χ4n) is 5.91. The minimum Gasteiger partial charge on any atom is -0.357 e. The second kappa shape index (κ2) is 9.36. The highest BCUT2D eigenvalue weighted by molar-refractivity contribution is 7.12. The van der Waals surface area contributed by atoms with Gasteiger partial charge in [0.2, 0.25) is 0 Å². The number of halogens is 2. The lowest BCUT2D eigenvalue weighted by atomic mass is 9.90. The summed E-state index contributed by atoms with van der Waals surface area (Å²) >= 11 is 1.91. The number of para-hydroxylation sites is 1. The van der Waals surface area contributed by atoms with Crippen molar-refractivity contribution in [3.05, 3.63) is 56.9 Å². The quantitative estimate of drug-likeness (QED) is 0.396. The summed E-state index contributed by atoms with van der Waals surface area (Å²) in [6, 6.07) is 11.2. The van der Waals surface area contributed by atoms with Crippen LogP contribution in [0.25, 0.3) is 10.9 Å². The fraction of sp³-hybridized carbons (Fsp3) is 0.571. The first-order valence-corrected chi connectivity index (χ1v) is 13.5. The van der Waals surface area contributed by atoms with Gasteiger partial charge in [-0.05, 0) is 76.1 Å². The number of fused-ring (bicyclic) bond motifs is 3. The number of aryl methyl sites for hydroxylation is 1. The predicted octanol–water partition coefficient (Wildman–Crippen LogP) is 6.46. The number of aromatic nitrogens is 1. The Bertz CT molecular complexity index is 1140. The summed E-state index contributed by atoms with van der Waals surface area (Å²) in [6.45, 7) is 11.0. The molecule has 4 heterocycles. The molecule has 0 radical (unpaired) electrons. The molecule has 0 bridgehead atoms. The van der Waals surface area contributed by atoms with Crippen LogP contribution >= 0.6 is 11.3 Å². The Labute approximate surface area is 206 Å². The molecule has 6 heteroatoms. The Morgan fingerprint density at radius 3 is 2.71 bits per heavy atom. The van der Waals surface area contributed by atoms with Crippen molar-refractivity contribution in [2.45, 2.75) is 64.7 Å². The first kappa shape index (κ1) is 24.0. The second-order valence-corrected chi connectivity index (χ2v) is 12.2. The van der Waals surface area contributed by atoms with E-state index in [0.29, 0.717) is 18.9 Å². The molecule has 0 aliphatic carbocycles. The van der Waals surface area contributed by atoms with Gasteiger partial charge in [-0.25, -0.2) is 4.39 Å². The summed E-state index contributed by atoms with van der Waals surface area (Å²) in [4.78, 5) is 11.2. The minimum absolute atomic E-state index is 0.0427. The van der Waals surface area contributed by atoms with Gasteiger partial charge in [0.1, 0.15) is 5.67 Å². The smallest absolute Gasteiger partial charge is 0.118 e. The molecule has 0 unspecified atom stereocenters. The third-order valence-electron chi connectivity index (χ3n) is 7.50. The Hall–Kier alpha value is -1.76. The zero-order chi connectivity index (χ0) is 24.0. The number of rotatable bonds is 8. The van der Waals surface area contributed by atoms with E-state index in [9.17, 15) is 8.78 Å². The molecule has 1 fully saturated rings. The summed E-state index contributed by atoms with van der Waals surface area (Å²) in [5.74, 6) is 0.652. The summed E-state index contributed by atoms with van der Waals surface area (Å²) in [7, 11) is 0. The van der Waals surface area contributed by atoms with E-state index in [1.54, 1.807) is 13.8 Å². The van der Waals surface area contributed by atoms with Crippen LogP contribution in [0, 0.1) is 12.8 Å². The average Bonchev–Trinajstić information content (AvgIpc) is 3.29. The number of nitrogens with one attached hydrogen (secondary N) is 1. The molecule has 0 amide bonds. The predicted molar refractivity (Wildman–Crippen MR) is 138 cm³/mol. The van der Waals surface area contributed by atoms with Gasteiger partial charge >= 0.3 is 0 Å². The molecular formula is C28H37F2N3S. The number of aromatic amines is 1. The van der Waals surface area contributed by atoms with E-state index in [1.165, 1.54) is 37.5 Å². The van der Waals surface area contributed by atoms with E-state index >= 15 is 0 Å². The fourth-order valence-corrected chi connectivity index (χ4v) is 7.34. The van der Waals surface area contributed by atoms with Gasteiger partial charge in [-0.1, -0.05) is 18.2 Å². The summed E-state index contributed by atoms with van der Waals surface area (Å²) < 4.78 is 27.4. The van der Waals surface area contributed by atoms with Crippen molar-refractivity contribution in [1.82, 2.24) is 14.8 Å². The lowest BCUT2D eigenvalue weighted by Gasteiger charge is -2.42. The molecule has 1 saturated heterocycles. The van der Waals surface area contributed by atoms with E-state index in [0.717, 1.165) is 32.5 Å². The summed E-state index contributed by atoms with van der Waals surface area (Å²) in [5, 5.41) is 1.30. The molecule has 2 aliphatic heterocycles. The standard InChI is InChI=1S/C28H37F2N3S/c1-18-12-25(34-24(18)14-20-15-32(16-20)11-7-10-29)27-26-22(21-8-5-6-9-23(21)31-26)13-19(2)33(27)17-28(3,4)30/h5-6,8-9,12,19-20,27,31H,7,10-11,13-17H2,1-4H3/t19-,27-/m1/s1. The number of benzene rings is 1. The van der Waals surface area contributed by atoms with E-state index in [-0.39, 0.29) is 18.8 Å². The van der Waals surface area contributed by atoms with Crippen molar-refractivity contribution in [3.63, 3.8) is 0 Å². The highest BCUT2D eigenvalue weighted by Gasteiger charge is 2.39. The third kappa shape index (κ3) is 4.69. The lowest BCUT2D eigenvalue weighted by Crippen LogP contribution is -2.47. The normalized spacial score (nSPS) is 22.3. The van der Waals surface area contributed by atoms with Crippen LogP contribution < -0.4 is 0 Å². The number of hydrogen-bond donors (Lipinski definition) is 1. The first-order chi connectivity index (χ1) is 16.2. The van der Waals surface area contributed by atoms with Crippen LogP contribution in [-0.2, 0) is 12.8 Å². The highest BCUT2D eigenvalue weighted by atomic mass is 32.1. The molecule has 1 N–H and O–H groups in total. The average molecular weight is 486 g/mol. The molecular weight excluding hydrogens is 448 g/mol. The van der Waals surface area contributed by atoms with E-state index in [2.05, 4.69) is 59.0 Å². The van der Waals surface area contributed by atoms with Gasteiger partial charge in [0.25, 0.3) is 0 Å². The van der Waals surface area contributed by atoms with Gasteiger partial charge in [-0.15, -0.1) is 11.3 Å².